The summed E-state index contributed by atoms with van der Waals surface area (Å²) in [5.41, 5.74) is 0. The topological polar surface area (TPSA) is 15.3 Å². The molecule has 0 aromatic heterocycles. The standard InChI is InChI=1S/C16H30N2S/c1-3-13-9-11-15(12-10-13)18(2)16(19)17-14-7-5-4-6-8-14/h13-15H,3-12H2,1-2H3,(H,17,19). The molecule has 0 aromatic rings. The maximum atomic E-state index is 5.61. The molecule has 0 amide bonds. The van der Waals surface area contributed by atoms with Gasteiger partial charge < -0.3 is 10.2 Å². The Morgan fingerprint density at radius 3 is 2.26 bits per heavy atom. The van der Waals surface area contributed by atoms with Gasteiger partial charge in [0.05, 0.1) is 0 Å². The number of rotatable bonds is 3. The maximum Gasteiger partial charge on any atom is 0.169 e. The van der Waals surface area contributed by atoms with E-state index in [1.54, 1.807) is 0 Å². The molecule has 2 aliphatic carbocycles. The van der Waals surface area contributed by atoms with Gasteiger partial charge in [0.25, 0.3) is 0 Å². The molecule has 110 valence electrons. The summed E-state index contributed by atoms with van der Waals surface area (Å²) in [6, 6.07) is 1.31. The molecule has 0 unspecified atom stereocenters. The first-order valence-corrected chi connectivity index (χ1v) is 8.64. The van der Waals surface area contributed by atoms with Crippen molar-refractivity contribution in [3.63, 3.8) is 0 Å². The van der Waals surface area contributed by atoms with Gasteiger partial charge in [-0.3, -0.25) is 0 Å². The van der Waals surface area contributed by atoms with Crippen molar-refractivity contribution in [1.82, 2.24) is 10.2 Å². The van der Waals surface area contributed by atoms with Crippen molar-refractivity contribution in [2.45, 2.75) is 83.2 Å². The van der Waals surface area contributed by atoms with Gasteiger partial charge in [0.1, 0.15) is 0 Å². The number of nitrogens with zero attached hydrogens (tertiary/aromatic N) is 1. The molecule has 2 saturated carbocycles. The average molecular weight is 282 g/mol. The molecule has 0 heterocycles. The fourth-order valence-electron chi connectivity index (χ4n) is 3.63. The van der Waals surface area contributed by atoms with Gasteiger partial charge in [-0.15, -0.1) is 0 Å². The highest BCUT2D eigenvalue weighted by atomic mass is 32.1. The molecule has 0 atom stereocenters. The predicted octanol–water partition coefficient (Wildman–Crippen LogP) is 4.09. The van der Waals surface area contributed by atoms with Gasteiger partial charge in [0.2, 0.25) is 0 Å². The monoisotopic (exact) mass is 282 g/mol. The molecule has 2 nitrogen and oxygen atoms in total. The molecule has 2 fully saturated rings. The minimum atomic E-state index is 0.635. The van der Waals surface area contributed by atoms with Crippen molar-refractivity contribution in [2.24, 2.45) is 5.92 Å². The average Bonchev–Trinajstić information content (AvgIpc) is 2.47. The number of thiocarbonyl (C=S) groups is 1. The molecule has 0 radical (unpaired) electrons. The van der Waals surface area contributed by atoms with Crippen LogP contribution in [-0.4, -0.2) is 29.1 Å². The van der Waals surface area contributed by atoms with Crippen LogP contribution < -0.4 is 5.32 Å². The molecule has 2 aliphatic rings. The lowest BCUT2D eigenvalue weighted by Crippen LogP contribution is -2.48. The highest BCUT2D eigenvalue weighted by Crippen LogP contribution is 2.29. The molecule has 1 N–H and O–H groups in total. The normalized spacial score (nSPS) is 28.9. The van der Waals surface area contributed by atoms with Crippen LogP contribution in [0.25, 0.3) is 0 Å². The van der Waals surface area contributed by atoms with Crippen molar-refractivity contribution >= 4 is 17.3 Å². The van der Waals surface area contributed by atoms with E-state index in [-0.39, 0.29) is 0 Å². The van der Waals surface area contributed by atoms with Crippen molar-refractivity contribution in [3.8, 4) is 0 Å². The summed E-state index contributed by atoms with van der Waals surface area (Å²) in [6.45, 7) is 2.32. The third-order valence-corrected chi connectivity index (χ3v) is 5.60. The van der Waals surface area contributed by atoms with Crippen LogP contribution in [0.3, 0.4) is 0 Å². The number of hydrogen-bond acceptors (Lipinski definition) is 1. The Morgan fingerprint density at radius 2 is 1.68 bits per heavy atom. The maximum absolute atomic E-state index is 5.61. The molecule has 2 rings (SSSR count). The van der Waals surface area contributed by atoms with Gasteiger partial charge in [0, 0.05) is 19.1 Å². The largest absolute Gasteiger partial charge is 0.360 e. The van der Waals surface area contributed by atoms with Crippen LogP contribution in [0.5, 0.6) is 0 Å². The van der Waals surface area contributed by atoms with Gasteiger partial charge in [-0.05, 0) is 56.7 Å². The van der Waals surface area contributed by atoms with Crippen molar-refractivity contribution in [1.29, 1.82) is 0 Å². The zero-order valence-corrected chi connectivity index (χ0v) is 13.5. The smallest absolute Gasteiger partial charge is 0.169 e. The van der Waals surface area contributed by atoms with Gasteiger partial charge in [-0.1, -0.05) is 32.6 Å². The summed E-state index contributed by atoms with van der Waals surface area (Å²) < 4.78 is 0. The zero-order chi connectivity index (χ0) is 13.7. The molecule has 0 spiro atoms. The summed E-state index contributed by atoms with van der Waals surface area (Å²) in [4.78, 5) is 2.34. The third kappa shape index (κ3) is 4.34. The summed E-state index contributed by atoms with van der Waals surface area (Å²) >= 11 is 5.61. The minimum Gasteiger partial charge on any atom is -0.360 e. The van der Waals surface area contributed by atoms with E-state index in [0.29, 0.717) is 12.1 Å². The van der Waals surface area contributed by atoms with E-state index in [4.69, 9.17) is 12.2 Å². The van der Waals surface area contributed by atoms with Crippen LogP contribution in [0.4, 0.5) is 0 Å². The van der Waals surface area contributed by atoms with Crippen molar-refractivity contribution in [3.05, 3.63) is 0 Å². The third-order valence-electron chi connectivity index (χ3n) is 5.19. The van der Waals surface area contributed by atoms with E-state index in [2.05, 4.69) is 24.2 Å². The zero-order valence-electron chi connectivity index (χ0n) is 12.7. The second-order valence-corrected chi connectivity index (χ2v) is 6.86. The first-order valence-electron chi connectivity index (χ1n) is 8.24. The summed E-state index contributed by atoms with van der Waals surface area (Å²) in [6.07, 6.45) is 13.5. The second-order valence-electron chi connectivity index (χ2n) is 6.48. The SMILES string of the molecule is CCC1CCC(N(C)C(=S)NC2CCCCC2)CC1. The van der Waals surface area contributed by atoms with Crippen LogP contribution in [0.2, 0.25) is 0 Å². The Labute approximate surface area is 124 Å². The van der Waals surface area contributed by atoms with E-state index in [0.717, 1.165) is 11.0 Å². The number of hydrogen-bond donors (Lipinski definition) is 1. The molecule has 0 bridgehead atoms. The first kappa shape index (κ1) is 15.1. The van der Waals surface area contributed by atoms with Gasteiger partial charge in [-0.2, -0.15) is 0 Å². The number of nitrogens with one attached hydrogen (secondary N) is 1. The lowest BCUT2D eigenvalue weighted by molar-refractivity contribution is 0.222. The lowest BCUT2D eigenvalue weighted by atomic mass is 9.84. The van der Waals surface area contributed by atoms with E-state index >= 15 is 0 Å². The van der Waals surface area contributed by atoms with Gasteiger partial charge in [-0.25, -0.2) is 0 Å². The Hall–Kier alpha value is -0.310. The van der Waals surface area contributed by atoms with Crippen LogP contribution >= 0.6 is 12.2 Å². The summed E-state index contributed by atoms with van der Waals surface area (Å²) in [5.74, 6) is 0.963. The van der Waals surface area contributed by atoms with E-state index in [1.807, 2.05) is 0 Å². The second kappa shape index (κ2) is 7.47. The fraction of sp³-hybridized carbons (Fsp3) is 0.938. The van der Waals surface area contributed by atoms with Crippen LogP contribution in [0.15, 0.2) is 0 Å². The fourth-order valence-corrected chi connectivity index (χ4v) is 3.95. The summed E-state index contributed by atoms with van der Waals surface area (Å²) in [7, 11) is 2.19. The molecule has 3 heteroatoms. The first-order chi connectivity index (χ1) is 9.20. The van der Waals surface area contributed by atoms with E-state index in [1.165, 1.54) is 64.2 Å². The molecular formula is C16H30N2S. The Morgan fingerprint density at radius 1 is 1.05 bits per heavy atom. The van der Waals surface area contributed by atoms with Crippen LogP contribution in [-0.2, 0) is 0 Å². The molecular weight excluding hydrogens is 252 g/mol. The molecule has 0 aliphatic heterocycles. The minimum absolute atomic E-state index is 0.635. The Bertz CT molecular complexity index is 278. The Kier molecular flexibility index (Phi) is 5.93. The van der Waals surface area contributed by atoms with Crippen LogP contribution in [0, 0.1) is 5.92 Å². The molecule has 0 aromatic carbocycles. The lowest BCUT2D eigenvalue weighted by Gasteiger charge is -2.37. The van der Waals surface area contributed by atoms with E-state index < -0.39 is 0 Å². The molecule has 19 heavy (non-hydrogen) atoms. The predicted molar refractivity (Wildman–Crippen MR) is 86.4 cm³/mol. The highest BCUT2D eigenvalue weighted by molar-refractivity contribution is 7.80. The quantitative estimate of drug-likeness (QED) is 0.785. The van der Waals surface area contributed by atoms with Crippen molar-refractivity contribution < 1.29 is 0 Å². The van der Waals surface area contributed by atoms with Crippen molar-refractivity contribution in [2.75, 3.05) is 7.05 Å². The van der Waals surface area contributed by atoms with Gasteiger partial charge in [0.15, 0.2) is 5.11 Å². The van der Waals surface area contributed by atoms with Crippen LogP contribution in [0.1, 0.15) is 71.1 Å². The highest BCUT2D eigenvalue weighted by Gasteiger charge is 2.25. The van der Waals surface area contributed by atoms with E-state index in [9.17, 15) is 0 Å². The van der Waals surface area contributed by atoms with Gasteiger partial charge >= 0.3 is 0 Å². The Balaban J connectivity index is 1.75. The molecule has 0 saturated heterocycles. The summed E-state index contributed by atoms with van der Waals surface area (Å²) in [5, 5.41) is 4.59.